The van der Waals surface area contributed by atoms with Gasteiger partial charge in [-0.25, -0.2) is 9.98 Å². The maximum atomic E-state index is 6.58. The third-order valence-corrected chi connectivity index (χ3v) is 6.81. The van der Waals surface area contributed by atoms with Crippen LogP contribution in [-0.4, -0.2) is 47.2 Å². The number of ether oxygens (including phenoxy) is 1. The van der Waals surface area contributed by atoms with Crippen molar-refractivity contribution >= 4 is 40.3 Å². The van der Waals surface area contributed by atoms with Crippen LogP contribution in [0.1, 0.15) is 23.7 Å². The van der Waals surface area contributed by atoms with Crippen molar-refractivity contribution in [2.75, 3.05) is 36.5 Å². The molecule has 2 fully saturated rings. The summed E-state index contributed by atoms with van der Waals surface area (Å²) in [6.45, 7) is 5.75. The van der Waals surface area contributed by atoms with Gasteiger partial charge in [-0.1, -0.05) is 36.7 Å². The number of aromatic nitrogens is 3. The lowest BCUT2D eigenvalue weighted by Crippen LogP contribution is -2.23. The summed E-state index contributed by atoms with van der Waals surface area (Å²) in [5.41, 5.74) is 5.34. The molecule has 3 aliphatic rings. The SMILES string of the molecule is CCc1[nH]nc2c1N=C(c1ccccc1Cl)c1cnc(N3CC4COCC4C3)cc1N2. The Hall–Kier alpha value is -2.90. The van der Waals surface area contributed by atoms with Crippen molar-refractivity contribution in [3.8, 4) is 0 Å². The number of rotatable bonds is 3. The van der Waals surface area contributed by atoms with Crippen LogP contribution in [0.25, 0.3) is 0 Å². The van der Waals surface area contributed by atoms with E-state index in [1.54, 1.807) is 0 Å². The lowest BCUT2D eigenvalue weighted by atomic mass is 10.0. The van der Waals surface area contributed by atoms with Gasteiger partial charge in [-0.3, -0.25) is 5.10 Å². The minimum atomic E-state index is 0.596. The summed E-state index contributed by atoms with van der Waals surface area (Å²) in [6.07, 6.45) is 2.72. The smallest absolute Gasteiger partial charge is 0.178 e. The van der Waals surface area contributed by atoms with E-state index in [9.17, 15) is 0 Å². The monoisotopic (exact) mass is 434 g/mol. The van der Waals surface area contributed by atoms with Gasteiger partial charge in [0.1, 0.15) is 11.5 Å². The predicted octanol–water partition coefficient (Wildman–Crippen LogP) is 4.33. The fourth-order valence-electron chi connectivity index (χ4n) is 4.77. The van der Waals surface area contributed by atoms with E-state index in [1.165, 1.54) is 0 Å². The minimum absolute atomic E-state index is 0.596. The van der Waals surface area contributed by atoms with E-state index in [2.05, 4.69) is 33.4 Å². The minimum Gasteiger partial charge on any atom is -0.381 e. The molecule has 7 nitrogen and oxygen atoms in total. The molecule has 3 aliphatic heterocycles. The number of hydrogen-bond donors (Lipinski definition) is 2. The van der Waals surface area contributed by atoms with Gasteiger partial charge in [0, 0.05) is 53.3 Å². The lowest BCUT2D eigenvalue weighted by molar-refractivity contribution is 0.177. The van der Waals surface area contributed by atoms with Gasteiger partial charge in [0.05, 0.1) is 30.3 Å². The third kappa shape index (κ3) is 3.11. The summed E-state index contributed by atoms with van der Waals surface area (Å²) in [5, 5.41) is 11.8. The molecule has 6 rings (SSSR count). The highest BCUT2D eigenvalue weighted by molar-refractivity contribution is 6.36. The van der Waals surface area contributed by atoms with E-state index >= 15 is 0 Å². The first-order valence-corrected chi connectivity index (χ1v) is 11.1. The fourth-order valence-corrected chi connectivity index (χ4v) is 4.99. The van der Waals surface area contributed by atoms with Gasteiger partial charge >= 0.3 is 0 Å². The average Bonchev–Trinajstić information content (AvgIpc) is 3.46. The Balaban J connectivity index is 1.47. The molecule has 2 atom stereocenters. The molecule has 3 aromatic rings. The Kier molecular flexibility index (Phi) is 4.47. The van der Waals surface area contributed by atoms with E-state index in [4.69, 9.17) is 26.3 Å². The van der Waals surface area contributed by atoms with Crippen LogP contribution in [0.15, 0.2) is 41.5 Å². The number of aliphatic imine (C=N–C) groups is 1. The standard InChI is InChI=1S/C23H23ClN6O/c1-2-18-22-23(29-28-18)26-19-7-20(30-9-13-11-31-12-14(13)10-30)25-8-16(19)21(27-22)15-5-3-4-6-17(15)24/h3-8,13-14H,2,9-12H2,1H3,(H2,26,28,29). The molecule has 2 aromatic heterocycles. The molecule has 0 amide bonds. The normalized spacial score (nSPS) is 21.7. The van der Waals surface area contributed by atoms with Gasteiger partial charge in [0.25, 0.3) is 0 Å². The number of halogens is 1. The Morgan fingerprint density at radius 2 is 1.97 bits per heavy atom. The van der Waals surface area contributed by atoms with Crippen LogP contribution in [0, 0.1) is 11.8 Å². The predicted molar refractivity (Wildman–Crippen MR) is 122 cm³/mol. The highest BCUT2D eigenvalue weighted by Crippen LogP contribution is 2.39. The van der Waals surface area contributed by atoms with Crippen molar-refractivity contribution in [2.24, 2.45) is 16.8 Å². The van der Waals surface area contributed by atoms with Crippen molar-refractivity contribution in [3.05, 3.63) is 58.4 Å². The zero-order valence-electron chi connectivity index (χ0n) is 17.2. The van der Waals surface area contributed by atoms with Crippen LogP contribution in [0.4, 0.5) is 23.0 Å². The van der Waals surface area contributed by atoms with Crippen LogP contribution < -0.4 is 10.2 Å². The van der Waals surface area contributed by atoms with E-state index in [1.807, 2.05) is 30.5 Å². The zero-order valence-corrected chi connectivity index (χ0v) is 18.0. The lowest BCUT2D eigenvalue weighted by Gasteiger charge is -2.20. The first-order chi connectivity index (χ1) is 15.2. The molecule has 2 saturated heterocycles. The highest BCUT2D eigenvalue weighted by atomic mass is 35.5. The second kappa shape index (κ2) is 7.35. The van der Waals surface area contributed by atoms with Crippen molar-refractivity contribution in [1.29, 1.82) is 0 Å². The Morgan fingerprint density at radius 1 is 1.16 bits per heavy atom. The van der Waals surface area contributed by atoms with E-state index in [0.717, 1.165) is 78.3 Å². The van der Waals surface area contributed by atoms with Crippen LogP contribution in [0.3, 0.4) is 0 Å². The summed E-state index contributed by atoms with van der Waals surface area (Å²) in [6, 6.07) is 9.90. The zero-order chi connectivity index (χ0) is 20.9. The van der Waals surface area contributed by atoms with Gasteiger partial charge in [-0.2, -0.15) is 5.10 Å². The number of aryl methyl sites for hydroxylation is 1. The van der Waals surface area contributed by atoms with Crippen molar-refractivity contribution < 1.29 is 4.74 Å². The topological polar surface area (TPSA) is 78.4 Å². The van der Waals surface area contributed by atoms with Gasteiger partial charge in [-0.15, -0.1) is 0 Å². The van der Waals surface area contributed by atoms with Crippen molar-refractivity contribution in [2.45, 2.75) is 13.3 Å². The first kappa shape index (κ1) is 18.8. The second-order valence-corrected chi connectivity index (χ2v) is 8.78. The number of pyridine rings is 1. The van der Waals surface area contributed by atoms with Gasteiger partial charge < -0.3 is 15.0 Å². The molecule has 0 saturated carbocycles. The molecule has 31 heavy (non-hydrogen) atoms. The summed E-state index contributed by atoms with van der Waals surface area (Å²) in [5.74, 6) is 2.88. The third-order valence-electron chi connectivity index (χ3n) is 6.48. The quantitative estimate of drug-likeness (QED) is 0.501. The fraction of sp³-hybridized carbons (Fsp3) is 0.348. The second-order valence-electron chi connectivity index (χ2n) is 8.37. The molecular weight excluding hydrogens is 412 g/mol. The number of nitrogens with one attached hydrogen (secondary N) is 2. The maximum Gasteiger partial charge on any atom is 0.178 e. The molecule has 2 N–H and O–H groups in total. The number of hydrogen-bond acceptors (Lipinski definition) is 6. The maximum absolute atomic E-state index is 6.58. The molecule has 5 heterocycles. The number of H-pyrrole nitrogens is 1. The molecule has 1 aromatic carbocycles. The van der Waals surface area contributed by atoms with Crippen LogP contribution >= 0.6 is 11.6 Å². The van der Waals surface area contributed by atoms with E-state index in [-0.39, 0.29) is 0 Å². The Bertz CT molecular complexity index is 1180. The molecular formula is C23H23ClN6O. The van der Waals surface area contributed by atoms with E-state index < -0.39 is 0 Å². The molecule has 158 valence electrons. The van der Waals surface area contributed by atoms with Crippen molar-refractivity contribution in [1.82, 2.24) is 15.2 Å². The van der Waals surface area contributed by atoms with Gasteiger partial charge in [-0.05, 0) is 12.5 Å². The summed E-state index contributed by atoms with van der Waals surface area (Å²) in [7, 11) is 0. The van der Waals surface area contributed by atoms with Gasteiger partial charge in [0.2, 0.25) is 0 Å². The van der Waals surface area contributed by atoms with E-state index in [0.29, 0.717) is 16.9 Å². The van der Waals surface area contributed by atoms with Crippen LogP contribution in [0.2, 0.25) is 5.02 Å². The Labute approximate surface area is 185 Å². The first-order valence-electron chi connectivity index (χ1n) is 10.7. The number of nitrogens with zero attached hydrogens (tertiary/aromatic N) is 4. The summed E-state index contributed by atoms with van der Waals surface area (Å²) in [4.78, 5) is 12.2. The van der Waals surface area contributed by atoms with Crippen LogP contribution in [-0.2, 0) is 11.2 Å². The molecule has 0 radical (unpaired) electrons. The summed E-state index contributed by atoms with van der Waals surface area (Å²) >= 11 is 6.58. The molecule has 0 bridgehead atoms. The van der Waals surface area contributed by atoms with Crippen LogP contribution in [0.5, 0.6) is 0 Å². The summed E-state index contributed by atoms with van der Waals surface area (Å²) < 4.78 is 5.63. The number of benzene rings is 1. The number of fused-ring (bicyclic) bond motifs is 3. The highest BCUT2D eigenvalue weighted by Gasteiger charge is 2.38. The Morgan fingerprint density at radius 3 is 2.74 bits per heavy atom. The average molecular weight is 435 g/mol. The van der Waals surface area contributed by atoms with Crippen molar-refractivity contribution in [3.63, 3.8) is 0 Å². The number of aromatic amines is 1. The molecule has 8 heteroatoms. The molecule has 0 spiro atoms. The number of anilines is 3. The molecule has 0 aliphatic carbocycles. The molecule has 2 unspecified atom stereocenters. The largest absolute Gasteiger partial charge is 0.381 e. The van der Waals surface area contributed by atoms with Gasteiger partial charge in [0.15, 0.2) is 5.82 Å².